The number of rotatable bonds is 0. The summed E-state index contributed by atoms with van der Waals surface area (Å²) in [5.74, 6) is 0. The normalized spacial score (nSPS) is 14.8. The van der Waals surface area contributed by atoms with Crippen LogP contribution in [0.25, 0.3) is 0 Å². The van der Waals surface area contributed by atoms with Crippen molar-refractivity contribution in [3.8, 4) is 6.07 Å². The smallest absolute Gasteiger partial charge is 0.0994 e. The zero-order valence-corrected chi connectivity index (χ0v) is 7.72. The van der Waals surface area contributed by atoms with Gasteiger partial charge in [0.05, 0.1) is 11.6 Å². The Morgan fingerprint density at radius 1 is 1.38 bits per heavy atom. The highest BCUT2D eigenvalue weighted by Crippen LogP contribution is 2.18. The molecule has 1 aliphatic rings. The van der Waals surface area contributed by atoms with Crippen LogP contribution in [-0.2, 0) is 13.0 Å². The van der Waals surface area contributed by atoms with E-state index in [1.54, 1.807) is 0 Å². The van der Waals surface area contributed by atoms with Crippen molar-refractivity contribution in [2.24, 2.45) is 0 Å². The third-order valence-electron chi connectivity index (χ3n) is 2.55. The summed E-state index contributed by atoms with van der Waals surface area (Å²) in [6, 6.07) is 6.38. The van der Waals surface area contributed by atoms with Crippen LogP contribution in [0.2, 0.25) is 0 Å². The minimum Gasteiger partial charge on any atom is -0.312 e. The molecule has 2 rings (SSSR count). The van der Waals surface area contributed by atoms with E-state index in [-0.39, 0.29) is 0 Å². The van der Waals surface area contributed by atoms with Gasteiger partial charge in [-0.2, -0.15) is 5.26 Å². The average molecular weight is 172 g/mol. The second-order valence-electron chi connectivity index (χ2n) is 3.47. The minimum absolute atomic E-state index is 0.808. The maximum Gasteiger partial charge on any atom is 0.0994 e. The number of nitrogens with zero attached hydrogens (tertiary/aromatic N) is 1. The van der Waals surface area contributed by atoms with Crippen molar-refractivity contribution in [2.45, 2.75) is 19.9 Å². The summed E-state index contributed by atoms with van der Waals surface area (Å²) in [7, 11) is 0. The van der Waals surface area contributed by atoms with E-state index in [9.17, 15) is 0 Å². The van der Waals surface area contributed by atoms with Crippen LogP contribution in [0.5, 0.6) is 0 Å². The van der Waals surface area contributed by atoms with Gasteiger partial charge in [0.1, 0.15) is 0 Å². The van der Waals surface area contributed by atoms with Crippen molar-refractivity contribution >= 4 is 0 Å². The Morgan fingerprint density at radius 3 is 3.00 bits per heavy atom. The lowest BCUT2D eigenvalue weighted by Crippen LogP contribution is -2.23. The van der Waals surface area contributed by atoms with Gasteiger partial charge in [0, 0.05) is 6.54 Å². The Balaban J connectivity index is 2.52. The summed E-state index contributed by atoms with van der Waals surface area (Å²) in [5, 5.41) is 12.2. The molecule has 1 aromatic carbocycles. The Morgan fingerprint density at radius 2 is 2.23 bits per heavy atom. The highest BCUT2D eigenvalue weighted by molar-refractivity contribution is 5.44. The molecule has 2 nitrogen and oxygen atoms in total. The maximum absolute atomic E-state index is 8.85. The van der Waals surface area contributed by atoms with E-state index in [2.05, 4.69) is 17.5 Å². The number of nitriles is 1. The third-order valence-corrected chi connectivity index (χ3v) is 2.55. The molecule has 1 heterocycles. The van der Waals surface area contributed by atoms with Gasteiger partial charge in [0.2, 0.25) is 0 Å². The molecule has 66 valence electrons. The first-order valence-corrected chi connectivity index (χ1v) is 4.54. The quantitative estimate of drug-likeness (QED) is 0.644. The molecule has 0 atom stereocenters. The fourth-order valence-electron chi connectivity index (χ4n) is 1.78. The fourth-order valence-corrected chi connectivity index (χ4v) is 1.78. The van der Waals surface area contributed by atoms with Gasteiger partial charge in [-0.05, 0) is 42.6 Å². The van der Waals surface area contributed by atoms with Gasteiger partial charge in [-0.15, -0.1) is 0 Å². The van der Waals surface area contributed by atoms with E-state index in [0.717, 1.165) is 30.6 Å². The summed E-state index contributed by atoms with van der Waals surface area (Å²) in [5.41, 5.74) is 4.59. The van der Waals surface area contributed by atoms with E-state index in [1.807, 2.05) is 13.0 Å². The molecule has 1 aromatic rings. The molecule has 0 aromatic heterocycles. The van der Waals surface area contributed by atoms with Crippen molar-refractivity contribution in [3.05, 3.63) is 34.4 Å². The molecule has 0 amide bonds. The van der Waals surface area contributed by atoms with Gasteiger partial charge in [-0.1, -0.05) is 6.07 Å². The van der Waals surface area contributed by atoms with E-state index in [0.29, 0.717) is 0 Å². The van der Waals surface area contributed by atoms with Gasteiger partial charge >= 0.3 is 0 Å². The molecule has 0 bridgehead atoms. The monoisotopic (exact) mass is 172 g/mol. The Labute approximate surface area is 78.2 Å². The van der Waals surface area contributed by atoms with Crippen LogP contribution in [0.4, 0.5) is 0 Å². The van der Waals surface area contributed by atoms with Crippen LogP contribution in [0.3, 0.4) is 0 Å². The lowest BCUT2D eigenvalue weighted by atomic mass is 9.95. The van der Waals surface area contributed by atoms with Gasteiger partial charge in [0.15, 0.2) is 0 Å². The second-order valence-corrected chi connectivity index (χ2v) is 3.47. The van der Waals surface area contributed by atoms with Crippen molar-refractivity contribution in [3.63, 3.8) is 0 Å². The van der Waals surface area contributed by atoms with Crippen molar-refractivity contribution in [1.82, 2.24) is 5.32 Å². The fraction of sp³-hybridized carbons (Fsp3) is 0.364. The molecule has 0 unspecified atom stereocenters. The Hall–Kier alpha value is -1.33. The molecule has 2 heteroatoms. The summed E-state index contributed by atoms with van der Waals surface area (Å²) in [6.07, 6.45) is 1.09. The topological polar surface area (TPSA) is 35.8 Å². The van der Waals surface area contributed by atoms with Crippen molar-refractivity contribution in [1.29, 1.82) is 5.26 Å². The minimum atomic E-state index is 0.808. The Bertz CT molecular complexity index is 374. The predicted octanol–water partition coefficient (Wildman–Crippen LogP) is 1.51. The lowest BCUT2D eigenvalue weighted by Gasteiger charge is -2.17. The van der Waals surface area contributed by atoms with Crippen LogP contribution in [0.15, 0.2) is 12.1 Å². The van der Waals surface area contributed by atoms with Crippen molar-refractivity contribution in [2.75, 3.05) is 6.54 Å². The lowest BCUT2D eigenvalue weighted by molar-refractivity contribution is 0.643. The average Bonchev–Trinajstić information content (AvgIpc) is 2.17. The molecule has 0 saturated heterocycles. The van der Waals surface area contributed by atoms with Gasteiger partial charge in [-0.25, -0.2) is 0 Å². The van der Waals surface area contributed by atoms with Gasteiger partial charge in [0.25, 0.3) is 0 Å². The molecule has 0 saturated carbocycles. The summed E-state index contributed by atoms with van der Waals surface area (Å²) >= 11 is 0. The summed E-state index contributed by atoms with van der Waals surface area (Å²) in [6.45, 7) is 3.96. The number of fused-ring (bicyclic) bond motifs is 1. The summed E-state index contributed by atoms with van der Waals surface area (Å²) < 4.78 is 0. The van der Waals surface area contributed by atoms with Crippen LogP contribution in [0.1, 0.15) is 22.3 Å². The van der Waals surface area contributed by atoms with Crippen molar-refractivity contribution < 1.29 is 0 Å². The number of hydrogen-bond acceptors (Lipinski definition) is 2. The highest BCUT2D eigenvalue weighted by Gasteiger charge is 2.10. The van der Waals surface area contributed by atoms with E-state index in [1.165, 1.54) is 11.1 Å². The van der Waals surface area contributed by atoms with E-state index >= 15 is 0 Å². The molecular weight excluding hydrogens is 160 g/mol. The van der Waals surface area contributed by atoms with Crippen LogP contribution >= 0.6 is 0 Å². The molecule has 1 aliphatic heterocycles. The molecule has 0 radical (unpaired) electrons. The zero-order chi connectivity index (χ0) is 9.26. The maximum atomic E-state index is 8.85. The highest BCUT2D eigenvalue weighted by atomic mass is 14.9. The molecule has 0 fully saturated rings. The molecule has 0 aliphatic carbocycles. The first-order chi connectivity index (χ1) is 6.31. The number of nitrogens with one attached hydrogen (secondary N) is 1. The summed E-state index contributed by atoms with van der Waals surface area (Å²) in [4.78, 5) is 0. The molecule has 13 heavy (non-hydrogen) atoms. The second kappa shape index (κ2) is 3.20. The zero-order valence-electron chi connectivity index (χ0n) is 7.72. The predicted molar refractivity (Wildman–Crippen MR) is 51.3 cm³/mol. The standard InChI is InChI=1S/C11H12N2/c1-8-4-9-2-3-13-7-11(9)5-10(8)6-12/h4-5,13H,2-3,7H2,1H3. The third kappa shape index (κ3) is 1.43. The van der Waals surface area contributed by atoms with Crippen LogP contribution < -0.4 is 5.32 Å². The first-order valence-electron chi connectivity index (χ1n) is 4.54. The number of benzene rings is 1. The van der Waals surface area contributed by atoms with Gasteiger partial charge < -0.3 is 5.32 Å². The SMILES string of the molecule is Cc1cc2c(cc1C#N)CNCC2. The van der Waals surface area contributed by atoms with Crippen LogP contribution in [-0.4, -0.2) is 6.54 Å². The number of aryl methyl sites for hydroxylation is 1. The molecule has 1 N–H and O–H groups in total. The van der Waals surface area contributed by atoms with E-state index < -0.39 is 0 Å². The number of hydrogen-bond donors (Lipinski definition) is 1. The van der Waals surface area contributed by atoms with Crippen LogP contribution in [0, 0.1) is 18.3 Å². The largest absolute Gasteiger partial charge is 0.312 e. The molecular formula is C11H12N2. The first kappa shape index (κ1) is 8.28. The Kier molecular flexibility index (Phi) is 2.03. The van der Waals surface area contributed by atoms with E-state index in [4.69, 9.17) is 5.26 Å². The van der Waals surface area contributed by atoms with Gasteiger partial charge in [-0.3, -0.25) is 0 Å². The molecule has 0 spiro atoms.